The zero-order valence-electron chi connectivity index (χ0n) is 10.9. The zero-order valence-corrected chi connectivity index (χ0v) is 10.9. The minimum atomic E-state index is -0.238. The zero-order chi connectivity index (χ0) is 13.5. The molecule has 0 saturated carbocycles. The number of ether oxygens (including phenoxy) is 2. The van der Waals surface area contributed by atoms with Crippen molar-refractivity contribution in [3.8, 4) is 11.5 Å². The lowest BCUT2D eigenvalue weighted by Gasteiger charge is -2.08. The second-order valence-electron chi connectivity index (χ2n) is 4.27. The molecule has 2 aromatic carbocycles. The molecule has 2 rings (SSSR count). The number of rotatable bonds is 6. The van der Waals surface area contributed by atoms with Gasteiger partial charge in [0.15, 0.2) is 0 Å². The van der Waals surface area contributed by atoms with Crippen LogP contribution in [0.5, 0.6) is 11.5 Å². The average molecular weight is 260 g/mol. The maximum absolute atomic E-state index is 13.3. The third kappa shape index (κ3) is 4.28. The summed E-state index contributed by atoms with van der Waals surface area (Å²) in [6, 6.07) is 14.5. The largest absolute Gasteiger partial charge is 0.493 e. The number of hydrogen-bond donors (Lipinski definition) is 0. The van der Waals surface area contributed by atoms with Crippen LogP contribution in [0.1, 0.15) is 12.0 Å². The van der Waals surface area contributed by atoms with Crippen molar-refractivity contribution in [3.63, 3.8) is 0 Å². The molecule has 0 aromatic heterocycles. The van der Waals surface area contributed by atoms with Crippen molar-refractivity contribution < 1.29 is 13.9 Å². The summed E-state index contributed by atoms with van der Waals surface area (Å²) in [4.78, 5) is 0. The lowest BCUT2D eigenvalue weighted by molar-refractivity contribution is 0.247. The van der Waals surface area contributed by atoms with Gasteiger partial charge in [0.1, 0.15) is 17.3 Å². The van der Waals surface area contributed by atoms with Crippen LogP contribution in [0.2, 0.25) is 0 Å². The van der Waals surface area contributed by atoms with Crippen molar-refractivity contribution in [1.29, 1.82) is 0 Å². The molecule has 0 aliphatic heterocycles. The molecule has 100 valence electrons. The predicted molar refractivity (Wildman–Crippen MR) is 73.2 cm³/mol. The molecule has 0 heterocycles. The van der Waals surface area contributed by atoms with Crippen molar-refractivity contribution >= 4 is 0 Å². The first-order valence-corrected chi connectivity index (χ1v) is 6.32. The van der Waals surface area contributed by atoms with Crippen LogP contribution in [0.15, 0.2) is 48.5 Å². The normalized spacial score (nSPS) is 10.2. The van der Waals surface area contributed by atoms with Gasteiger partial charge in [0, 0.05) is 12.5 Å². The molecule has 0 bridgehead atoms. The molecule has 0 unspecified atom stereocenters. The van der Waals surface area contributed by atoms with E-state index in [9.17, 15) is 4.39 Å². The van der Waals surface area contributed by atoms with Crippen molar-refractivity contribution in [2.75, 3.05) is 13.2 Å². The quantitative estimate of drug-likeness (QED) is 0.731. The van der Waals surface area contributed by atoms with Crippen LogP contribution in [0, 0.1) is 12.7 Å². The van der Waals surface area contributed by atoms with E-state index in [1.165, 1.54) is 6.07 Å². The summed E-state index contributed by atoms with van der Waals surface area (Å²) in [5, 5.41) is 0. The molecule has 0 atom stereocenters. The van der Waals surface area contributed by atoms with E-state index < -0.39 is 0 Å². The van der Waals surface area contributed by atoms with Crippen LogP contribution in [-0.4, -0.2) is 13.2 Å². The minimum absolute atomic E-state index is 0.238. The third-order valence-corrected chi connectivity index (χ3v) is 2.71. The Bertz CT molecular complexity index is 511. The van der Waals surface area contributed by atoms with Gasteiger partial charge in [-0.25, -0.2) is 4.39 Å². The van der Waals surface area contributed by atoms with Gasteiger partial charge in [0.25, 0.3) is 0 Å². The molecule has 0 fully saturated rings. The van der Waals surface area contributed by atoms with E-state index in [4.69, 9.17) is 9.47 Å². The maximum atomic E-state index is 13.3. The number of para-hydroxylation sites is 1. The van der Waals surface area contributed by atoms with Gasteiger partial charge in [-0.3, -0.25) is 0 Å². The summed E-state index contributed by atoms with van der Waals surface area (Å²) in [6.07, 6.45) is 0.754. The molecule has 0 amide bonds. The first-order chi connectivity index (χ1) is 9.25. The van der Waals surface area contributed by atoms with Crippen molar-refractivity contribution in [2.45, 2.75) is 13.3 Å². The van der Waals surface area contributed by atoms with Gasteiger partial charge in [0.05, 0.1) is 13.2 Å². The second-order valence-corrected chi connectivity index (χ2v) is 4.27. The van der Waals surface area contributed by atoms with Gasteiger partial charge in [-0.2, -0.15) is 0 Å². The van der Waals surface area contributed by atoms with E-state index in [1.807, 2.05) is 30.3 Å². The van der Waals surface area contributed by atoms with Crippen LogP contribution in [0.3, 0.4) is 0 Å². The van der Waals surface area contributed by atoms with E-state index >= 15 is 0 Å². The fourth-order valence-electron chi connectivity index (χ4n) is 1.62. The van der Waals surface area contributed by atoms with E-state index in [0.29, 0.717) is 24.5 Å². The van der Waals surface area contributed by atoms with Crippen molar-refractivity contribution in [2.24, 2.45) is 0 Å². The number of hydrogen-bond acceptors (Lipinski definition) is 2. The number of aryl methyl sites for hydroxylation is 1. The van der Waals surface area contributed by atoms with Crippen LogP contribution in [0.4, 0.5) is 4.39 Å². The summed E-state index contributed by atoms with van der Waals surface area (Å²) in [5.74, 6) is 1.17. The first-order valence-electron chi connectivity index (χ1n) is 6.32. The summed E-state index contributed by atoms with van der Waals surface area (Å²) in [6.45, 7) is 2.82. The lowest BCUT2D eigenvalue weighted by Crippen LogP contribution is -2.05. The molecule has 0 N–H and O–H groups in total. The van der Waals surface area contributed by atoms with Crippen molar-refractivity contribution in [1.82, 2.24) is 0 Å². The summed E-state index contributed by atoms with van der Waals surface area (Å²) in [7, 11) is 0. The van der Waals surface area contributed by atoms with E-state index in [1.54, 1.807) is 19.1 Å². The highest BCUT2D eigenvalue weighted by Gasteiger charge is 2.00. The number of benzene rings is 2. The van der Waals surface area contributed by atoms with E-state index in [-0.39, 0.29) is 5.82 Å². The van der Waals surface area contributed by atoms with Crippen LogP contribution in [0.25, 0.3) is 0 Å². The maximum Gasteiger partial charge on any atom is 0.129 e. The molecular weight excluding hydrogens is 243 g/mol. The molecule has 0 spiro atoms. The van der Waals surface area contributed by atoms with Gasteiger partial charge in [-0.1, -0.05) is 24.3 Å². The Morgan fingerprint density at radius 1 is 0.895 bits per heavy atom. The van der Waals surface area contributed by atoms with Crippen molar-refractivity contribution in [3.05, 3.63) is 59.9 Å². The molecule has 0 aliphatic carbocycles. The fraction of sp³-hybridized carbons (Fsp3) is 0.250. The number of halogens is 1. The molecule has 0 radical (unpaired) electrons. The lowest BCUT2D eigenvalue weighted by atomic mass is 10.2. The summed E-state index contributed by atoms with van der Waals surface area (Å²) in [5.41, 5.74) is 0.625. The van der Waals surface area contributed by atoms with E-state index in [2.05, 4.69) is 0 Å². The average Bonchev–Trinajstić information content (AvgIpc) is 2.43. The van der Waals surface area contributed by atoms with Crippen LogP contribution < -0.4 is 9.47 Å². The van der Waals surface area contributed by atoms with Gasteiger partial charge in [-0.15, -0.1) is 0 Å². The standard InChI is InChI=1S/C16H17FO2/c1-13-8-9-15(12-16(13)17)19-11-5-10-18-14-6-3-2-4-7-14/h2-4,6-9,12H,5,10-11H2,1H3. The van der Waals surface area contributed by atoms with Gasteiger partial charge in [-0.05, 0) is 30.7 Å². The van der Waals surface area contributed by atoms with Gasteiger partial charge < -0.3 is 9.47 Å². The monoisotopic (exact) mass is 260 g/mol. The molecule has 3 heteroatoms. The Kier molecular flexibility index (Phi) is 4.78. The minimum Gasteiger partial charge on any atom is -0.493 e. The Labute approximate surface area is 112 Å². The molecular formula is C16H17FO2. The molecule has 0 saturated heterocycles. The van der Waals surface area contributed by atoms with Crippen LogP contribution >= 0.6 is 0 Å². The predicted octanol–water partition coefficient (Wildman–Crippen LogP) is 3.98. The Hall–Kier alpha value is -2.03. The summed E-state index contributed by atoms with van der Waals surface area (Å²) >= 11 is 0. The third-order valence-electron chi connectivity index (χ3n) is 2.71. The topological polar surface area (TPSA) is 18.5 Å². The molecule has 2 aromatic rings. The smallest absolute Gasteiger partial charge is 0.129 e. The Morgan fingerprint density at radius 2 is 1.58 bits per heavy atom. The fourth-order valence-corrected chi connectivity index (χ4v) is 1.62. The molecule has 19 heavy (non-hydrogen) atoms. The van der Waals surface area contributed by atoms with Gasteiger partial charge in [0.2, 0.25) is 0 Å². The highest BCUT2D eigenvalue weighted by molar-refractivity contribution is 5.27. The highest BCUT2D eigenvalue weighted by atomic mass is 19.1. The molecule has 2 nitrogen and oxygen atoms in total. The van der Waals surface area contributed by atoms with Gasteiger partial charge >= 0.3 is 0 Å². The SMILES string of the molecule is Cc1ccc(OCCCOc2ccccc2)cc1F. The molecule has 0 aliphatic rings. The Balaban J connectivity index is 1.68. The highest BCUT2D eigenvalue weighted by Crippen LogP contribution is 2.16. The first kappa shape index (κ1) is 13.4. The Morgan fingerprint density at radius 3 is 2.26 bits per heavy atom. The van der Waals surface area contributed by atoms with E-state index in [0.717, 1.165) is 12.2 Å². The summed E-state index contributed by atoms with van der Waals surface area (Å²) < 4.78 is 24.3. The second kappa shape index (κ2) is 6.78. The van der Waals surface area contributed by atoms with Crippen LogP contribution in [-0.2, 0) is 0 Å².